The fourth-order valence-electron chi connectivity index (χ4n) is 4.32. The van der Waals surface area contributed by atoms with Gasteiger partial charge in [0, 0.05) is 32.4 Å². The third-order valence-electron chi connectivity index (χ3n) is 6.16. The van der Waals surface area contributed by atoms with E-state index in [1.807, 2.05) is 6.92 Å². The molecule has 2 amide bonds. The number of carbonyl (C=O) groups is 2. The molecule has 0 bridgehead atoms. The highest BCUT2D eigenvalue weighted by Gasteiger charge is 2.42. The summed E-state index contributed by atoms with van der Waals surface area (Å²) in [5, 5.41) is 0. The van der Waals surface area contributed by atoms with Crippen LogP contribution in [-0.2, 0) is 35.5 Å². The van der Waals surface area contributed by atoms with Gasteiger partial charge in [-0.25, -0.2) is 8.42 Å². The van der Waals surface area contributed by atoms with Crippen molar-refractivity contribution in [3.63, 3.8) is 0 Å². The molecule has 2 aliphatic rings. The smallest absolute Gasteiger partial charge is 0.253 e. The van der Waals surface area contributed by atoms with Crippen molar-refractivity contribution >= 4 is 27.5 Å². The summed E-state index contributed by atoms with van der Waals surface area (Å²) in [5.74, 6) is -0.646. The number of nitrogens with two attached hydrogens (primary N) is 1. The molecule has 3 N–H and O–H groups in total. The quantitative estimate of drug-likeness (QED) is 0.557. The fraction of sp³-hybridized carbons (Fsp3) is 0.619. The van der Waals surface area contributed by atoms with Crippen LogP contribution >= 0.6 is 0 Å². The molecule has 2 atom stereocenters. The Balaban J connectivity index is 1.91. The minimum absolute atomic E-state index is 0.0268. The first-order chi connectivity index (χ1) is 15.2. The molecule has 0 saturated carbocycles. The number of carbonyl (C=O) groups excluding carboxylic acids is 2. The molecular formula is C21H32N4O6S. The van der Waals surface area contributed by atoms with Crippen molar-refractivity contribution < 1.29 is 27.5 Å². The van der Waals surface area contributed by atoms with Crippen LogP contribution in [0.3, 0.4) is 0 Å². The molecule has 0 aromatic heterocycles. The van der Waals surface area contributed by atoms with Crippen LogP contribution in [0, 0.1) is 0 Å². The van der Waals surface area contributed by atoms with Crippen molar-refractivity contribution in [2.75, 3.05) is 44.9 Å². The van der Waals surface area contributed by atoms with E-state index >= 15 is 0 Å². The van der Waals surface area contributed by atoms with Crippen LogP contribution < -0.4 is 15.4 Å². The van der Waals surface area contributed by atoms with Gasteiger partial charge in [-0.3, -0.25) is 9.59 Å². The molecule has 0 radical (unpaired) electrons. The minimum Gasteiger partial charge on any atom is -0.370 e. The summed E-state index contributed by atoms with van der Waals surface area (Å²) in [7, 11) is -2.57. The molecule has 1 aromatic carbocycles. The average molecular weight is 469 g/mol. The van der Waals surface area contributed by atoms with Crippen molar-refractivity contribution in [1.29, 1.82) is 0 Å². The van der Waals surface area contributed by atoms with Gasteiger partial charge in [0.05, 0.1) is 11.5 Å². The van der Waals surface area contributed by atoms with Crippen LogP contribution in [0.15, 0.2) is 23.1 Å². The molecule has 32 heavy (non-hydrogen) atoms. The summed E-state index contributed by atoms with van der Waals surface area (Å²) in [6.45, 7) is 4.57. The van der Waals surface area contributed by atoms with Gasteiger partial charge in [-0.15, -0.1) is 0 Å². The lowest BCUT2D eigenvalue weighted by atomic mass is 10.1. The van der Waals surface area contributed by atoms with Crippen LogP contribution in [0.1, 0.15) is 32.3 Å². The van der Waals surface area contributed by atoms with E-state index in [4.69, 9.17) is 15.2 Å². The number of anilines is 1. The van der Waals surface area contributed by atoms with Gasteiger partial charge in [0.2, 0.25) is 15.9 Å². The van der Waals surface area contributed by atoms with E-state index in [1.54, 1.807) is 24.0 Å². The van der Waals surface area contributed by atoms with E-state index in [-0.39, 0.29) is 24.0 Å². The van der Waals surface area contributed by atoms with Gasteiger partial charge >= 0.3 is 0 Å². The van der Waals surface area contributed by atoms with E-state index in [0.29, 0.717) is 43.8 Å². The Morgan fingerprint density at radius 3 is 2.75 bits per heavy atom. The highest BCUT2D eigenvalue weighted by Crippen LogP contribution is 2.31. The zero-order valence-electron chi connectivity index (χ0n) is 18.8. The molecule has 2 heterocycles. The van der Waals surface area contributed by atoms with Gasteiger partial charge < -0.3 is 25.0 Å². The first-order valence-corrected chi connectivity index (χ1v) is 12.3. The standard InChI is InChI=1S/C21H32N4O6S/c1-4-15-17(24-11-12-31-14-19(24)26)7-5-8-18(15)32(28,29)23-16(13-22)20(27)25-10-6-9-21(25,2)30-3/h5,7-8,16,23H,4,6,9-14,22H2,1-3H3/t16-,21+/m0/s1. The van der Waals surface area contributed by atoms with E-state index < -0.39 is 27.7 Å². The molecule has 2 aliphatic heterocycles. The van der Waals surface area contributed by atoms with E-state index in [9.17, 15) is 18.0 Å². The Hall–Kier alpha value is -2.05. The molecule has 11 heteroatoms. The lowest BCUT2D eigenvalue weighted by molar-refractivity contribution is -0.156. The van der Waals surface area contributed by atoms with Crippen LogP contribution in [0.5, 0.6) is 0 Å². The maximum atomic E-state index is 13.4. The van der Waals surface area contributed by atoms with Crippen molar-refractivity contribution in [2.24, 2.45) is 5.73 Å². The zero-order chi connectivity index (χ0) is 23.5. The van der Waals surface area contributed by atoms with Gasteiger partial charge in [-0.2, -0.15) is 4.72 Å². The van der Waals surface area contributed by atoms with E-state index in [0.717, 1.165) is 6.42 Å². The first-order valence-electron chi connectivity index (χ1n) is 10.8. The number of likely N-dealkylation sites (tertiary alicyclic amines) is 1. The summed E-state index contributed by atoms with van der Waals surface area (Å²) < 4.78 is 39.9. The number of methoxy groups -OCH3 is 1. The number of morpholine rings is 1. The third-order valence-corrected chi connectivity index (χ3v) is 7.71. The summed E-state index contributed by atoms with van der Waals surface area (Å²) in [6.07, 6.45) is 1.80. The highest BCUT2D eigenvalue weighted by molar-refractivity contribution is 7.89. The Morgan fingerprint density at radius 1 is 1.38 bits per heavy atom. The predicted octanol–water partition coefficient (Wildman–Crippen LogP) is 0.203. The Morgan fingerprint density at radius 2 is 2.12 bits per heavy atom. The lowest BCUT2D eigenvalue weighted by Crippen LogP contribution is -2.57. The van der Waals surface area contributed by atoms with Crippen molar-refractivity contribution in [3.05, 3.63) is 23.8 Å². The molecule has 178 valence electrons. The Bertz CT molecular complexity index is 969. The molecule has 0 unspecified atom stereocenters. The molecule has 10 nitrogen and oxygen atoms in total. The number of rotatable bonds is 8. The van der Waals surface area contributed by atoms with Crippen molar-refractivity contribution in [1.82, 2.24) is 9.62 Å². The number of hydrogen-bond acceptors (Lipinski definition) is 7. The predicted molar refractivity (Wildman–Crippen MR) is 119 cm³/mol. The largest absolute Gasteiger partial charge is 0.370 e. The lowest BCUT2D eigenvalue weighted by Gasteiger charge is -2.36. The van der Waals surface area contributed by atoms with Gasteiger partial charge in [0.25, 0.3) is 5.91 Å². The second-order valence-electron chi connectivity index (χ2n) is 8.09. The molecule has 2 saturated heterocycles. The minimum atomic E-state index is -4.10. The van der Waals surface area contributed by atoms with Crippen molar-refractivity contribution in [3.8, 4) is 0 Å². The molecule has 3 rings (SSSR count). The number of nitrogens with one attached hydrogen (secondary N) is 1. The number of sulfonamides is 1. The third kappa shape index (κ3) is 4.67. The summed E-state index contributed by atoms with van der Waals surface area (Å²) >= 11 is 0. The Labute approximate surface area is 189 Å². The summed E-state index contributed by atoms with van der Waals surface area (Å²) in [4.78, 5) is 28.6. The molecular weight excluding hydrogens is 436 g/mol. The SMILES string of the molecule is CCc1c(N2CCOCC2=O)cccc1S(=O)(=O)N[C@@H](CN)C(=O)N1CCC[C@@]1(C)OC. The van der Waals surface area contributed by atoms with E-state index in [2.05, 4.69) is 4.72 Å². The average Bonchev–Trinajstić information content (AvgIpc) is 3.18. The van der Waals surface area contributed by atoms with E-state index in [1.165, 1.54) is 18.1 Å². The second-order valence-corrected chi connectivity index (χ2v) is 9.77. The second kappa shape index (κ2) is 9.84. The molecule has 1 aromatic rings. The van der Waals surface area contributed by atoms with Crippen molar-refractivity contribution in [2.45, 2.75) is 49.8 Å². The summed E-state index contributed by atoms with van der Waals surface area (Å²) in [6, 6.07) is 3.66. The number of nitrogens with zero attached hydrogens (tertiary/aromatic N) is 2. The van der Waals surface area contributed by atoms with Crippen LogP contribution in [0.25, 0.3) is 0 Å². The normalized spacial score (nSPS) is 22.9. The number of ether oxygens (including phenoxy) is 2. The van der Waals surface area contributed by atoms with Gasteiger partial charge in [-0.05, 0) is 43.9 Å². The van der Waals surface area contributed by atoms with Crippen LogP contribution in [-0.4, -0.2) is 76.9 Å². The molecule has 0 aliphatic carbocycles. The zero-order valence-corrected chi connectivity index (χ0v) is 19.6. The first kappa shape index (κ1) is 24.6. The molecule has 2 fully saturated rings. The maximum Gasteiger partial charge on any atom is 0.253 e. The Kier molecular flexibility index (Phi) is 7.56. The van der Waals surface area contributed by atoms with Gasteiger partial charge in [0.15, 0.2) is 0 Å². The monoisotopic (exact) mass is 468 g/mol. The fourth-order valence-corrected chi connectivity index (χ4v) is 5.85. The topological polar surface area (TPSA) is 131 Å². The highest BCUT2D eigenvalue weighted by atomic mass is 32.2. The summed E-state index contributed by atoms with van der Waals surface area (Å²) in [5.41, 5.74) is 6.05. The van der Waals surface area contributed by atoms with Gasteiger partial charge in [0.1, 0.15) is 18.4 Å². The van der Waals surface area contributed by atoms with Crippen LogP contribution in [0.2, 0.25) is 0 Å². The van der Waals surface area contributed by atoms with Gasteiger partial charge in [-0.1, -0.05) is 13.0 Å². The maximum absolute atomic E-state index is 13.4. The molecule has 0 spiro atoms. The number of amides is 2. The number of hydrogen-bond donors (Lipinski definition) is 2. The van der Waals surface area contributed by atoms with Crippen LogP contribution in [0.4, 0.5) is 5.69 Å². The number of benzene rings is 1.